The van der Waals surface area contributed by atoms with Crippen molar-refractivity contribution in [2.45, 2.75) is 0 Å². The molecule has 0 fully saturated rings. The van der Waals surface area contributed by atoms with Gasteiger partial charge in [0.05, 0.1) is 0 Å². The van der Waals surface area contributed by atoms with Gasteiger partial charge < -0.3 is 4.74 Å². The number of aliphatic imine (C=N–C) groups is 1. The molecular formula is C18H11BrINO2. The number of cyclic esters (lactones) is 1. The second-order valence-corrected chi connectivity index (χ2v) is 6.77. The number of allylic oxidation sites excluding steroid dienone is 2. The zero-order chi connectivity index (χ0) is 16.2. The normalized spacial score (nSPS) is 16.0. The number of rotatable bonds is 3. The van der Waals surface area contributed by atoms with Crippen LogP contribution in [0, 0.1) is 3.57 Å². The molecular weight excluding hydrogens is 469 g/mol. The number of hydrogen-bond acceptors (Lipinski definition) is 3. The van der Waals surface area contributed by atoms with Crippen LogP contribution in [0.15, 0.2) is 75.8 Å². The number of esters is 1. The van der Waals surface area contributed by atoms with E-state index < -0.39 is 5.97 Å². The molecule has 2 aromatic carbocycles. The molecule has 0 radical (unpaired) electrons. The van der Waals surface area contributed by atoms with Crippen molar-refractivity contribution in [1.82, 2.24) is 0 Å². The number of hydrogen-bond donors (Lipinski definition) is 0. The largest absolute Gasteiger partial charge is 0.402 e. The lowest BCUT2D eigenvalue weighted by Crippen LogP contribution is -2.05. The maximum absolute atomic E-state index is 11.9. The van der Waals surface area contributed by atoms with E-state index in [-0.39, 0.29) is 0 Å². The number of carbonyl (C=O) groups excluding carboxylic acids is 1. The molecule has 3 nitrogen and oxygen atoms in total. The molecule has 0 aromatic heterocycles. The second-order valence-electron chi connectivity index (χ2n) is 4.76. The number of carbonyl (C=O) groups is 1. The summed E-state index contributed by atoms with van der Waals surface area (Å²) < 4.78 is 7.27. The van der Waals surface area contributed by atoms with Crippen LogP contribution >= 0.6 is 38.5 Å². The molecule has 0 unspecified atom stereocenters. The lowest BCUT2D eigenvalue weighted by molar-refractivity contribution is -0.130. The highest BCUT2D eigenvalue weighted by Crippen LogP contribution is 2.23. The molecule has 5 heteroatoms. The first-order chi connectivity index (χ1) is 11.1. The molecule has 1 aliphatic rings. The van der Waals surface area contributed by atoms with Crippen LogP contribution in [0.25, 0.3) is 6.08 Å². The topological polar surface area (TPSA) is 38.7 Å². The van der Waals surface area contributed by atoms with E-state index in [0.717, 1.165) is 19.2 Å². The summed E-state index contributed by atoms with van der Waals surface area (Å²) in [5.74, 6) is -0.112. The van der Waals surface area contributed by atoms with E-state index in [0.29, 0.717) is 11.6 Å². The molecule has 2 aromatic rings. The van der Waals surface area contributed by atoms with Crippen LogP contribution in [0.2, 0.25) is 0 Å². The quantitative estimate of drug-likeness (QED) is 0.354. The molecule has 0 amide bonds. The first-order valence-electron chi connectivity index (χ1n) is 6.83. The summed E-state index contributed by atoms with van der Waals surface area (Å²) in [5.41, 5.74) is 2.12. The molecule has 0 spiro atoms. The van der Waals surface area contributed by atoms with E-state index >= 15 is 0 Å². The van der Waals surface area contributed by atoms with Gasteiger partial charge in [-0.1, -0.05) is 42.5 Å². The Hall–Kier alpha value is -1.73. The van der Waals surface area contributed by atoms with Gasteiger partial charge in [0.25, 0.3) is 0 Å². The lowest BCUT2D eigenvalue weighted by Gasteiger charge is -2.01. The molecule has 0 aliphatic carbocycles. The zero-order valence-electron chi connectivity index (χ0n) is 11.9. The van der Waals surface area contributed by atoms with Gasteiger partial charge in [-0.2, -0.15) is 0 Å². The number of ether oxygens (including phenoxy) is 1. The molecule has 0 saturated carbocycles. The van der Waals surface area contributed by atoms with Crippen LogP contribution in [0.5, 0.6) is 0 Å². The van der Waals surface area contributed by atoms with Crippen molar-refractivity contribution < 1.29 is 9.53 Å². The zero-order valence-corrected chi connectivity index (χ0v) is 15.6. The Balaban J connectivity index is 1.82. The number of nitrogens with zero attached hydrogens (tertiary/aromatic N) is 1. The van der Waals surface area contributed by atoms with Crippen LogP contribution in [0.3, 0.4) is 0 Å². The summed E-state index contributed by atoms with van der Waals surface area (Å²) >= 11 is 5.68. The van der Waals surface area contributed by atoms with Crippen LogP contribution in [-0.2, 0) is 9.53 Å². The van der Waals surface area contributed by atoms with E-state index in [9.17, 15) is 4.79 Å². The van der Waals surface area contributed by atoms with Gasteiger partial charge >= 0.3 is 5.97 Å². The van der Waals surface area contributed by atoms with Crippen molar-refractivity contribution in [3.63, 3.8) is 0 Å². The van der Waals surface area contributed by atoms with Crippen LogP contribution in [0.1, 0.15) is 11.1 Å². The lowest BCUT2D eigenvalue weighted by atomic mass is 10.2. The van der Waals surface area contributed by atoms with E-state index in [1.54, 1.807) is 12.2 Å². The van der Waals surface area contributed by atoms with E-state index in [4.69, 9.17) is 4.74 Å². The standard InChI is InChI=1S/C18H11BrINO2/c19-14-11-13(9-10-15(14)20)17-21-16(18(22)23-17)8-4-7-12-5-2-1-3-6-12/h1-11H/b7-4+,16-8-. The smallest absolute Gasteiger partial charge is 0.363 e. The maximum Gasteiger partial charge on any atom is 0.363 e. The monoisotopic (exact) mass is 479 g/mol. The van der Waals surface area contributed by atoms with Crippen molar-refractivity contribution in [2.24, 2.45) is 4.99 Å². The Kier molecular flexibility index (Phi) is 5.07. The molecule has 1 heterocycles. The van der Waals surface area contributed by atoms with Gasteiger partial charge in [0, 0.05) is 13.6 Å². The summed E-state index contributed by atoms with van der Waals surface area (Å²) in [6, 6.07) is 15.5. The summed E-state index contributed by atoms with van der Waals surface area (Å²) in [4.78, 5) is 16.2. The highest BCUT2D eigenvalue weighted by molar-refractivity contribution is 14.1. The molecule has 0 atom stereocenters. The Morgan fingerprint density at radius 2 is 1.91 bits per heavy atom. The first-order valence-corrected chi connectivity index (χ1v) is 8.70. The average Bonchev–Trinajstić information content (AvgIpc) is 2.92. The van der Waals surface area contributed by atoms with Crippen LogP contribution < -0.4 is 0 Å². The second kappa shape index (κ2) is 7.23. The van der Waals surface area contributed by atoms with Crippen LogP contribution in [-0.4, -0.2) is 11.9 Å². The number of halogens is 2. The predicted octanol–water partition coefficient (Wildman–Crippen LogP) is 4.95. The Morgan fingerprint density at radius 3 is 2.65 bits per heavy atom. The highest BCUT2D eigenvalue weighted by Gasteiger charge is 2.23. The SMILES string of the molecule is O=C1OC(c2ccc(I)c(Br)c2)=N/C1=C\C=C\c1ccccc1. The summed E-state index contributed by atoms with van der Waals surface area (Å²) in [6.07, 6.45) is 5.36. The molecule has 0 N–H and O–H groups in total. The fourth-order valence-electron chi connectivity index (χ4n) is 1.99. The number of benzene rings is 2. The molecule has 23 heavy (non-hydrogen) atoms. The van der Waals surface area contributed by atoms with E-state index in [2.05, 4.69) is 43.5 Å². The van der Waals surface area contributed by atoms with Gasteiger partial charge in [-0.25, -0.2) is 9.79 Å². The van der Waals surface area contributed by atoms with Crippen molar-refractivity contribution >= 4 is 56.5 Å². The third-order valence-corrected chi connectivity index (χ3v) is 5.47. The van der Waals surface area contributed by atoms with E-state index in [1.165, 1.54) is 0 Å². The van der Waals surface area contributed by atoms with Crippen molar-refractivity contribution in [2.75, 3.05) is 0 Å². The van der Waals surface area contributed by atoms with E-state index in [1.807, 2.05) is 54.6 Å². The molecule has 0 saturated heterocycles. The fourth-order valence-corrected chi connectivity index (χ4v) is 2.70. The minimum Gasteiger partial charge on any atom is -0.402 e. The van der Waals surface area contributed by atoms with Crippen LogP contribution in [0.4, 0.5) is 0 Å². The van der Waals surface area contributed by atoms with Gasteiger partial charge in [-0.05, 0) is 68.4 Å². The minimum atomic E-state index is -0.438. The highest BCUT2D eigenvalue weighted by atomic mass is 127. The van der Waals surface area contributed by atoms with Gasteiger partial charge in [0.1, 0.15) is 0 Å². The van der Waals surface area contributed by atoms with Crippen molar-refractivity contribution in [3.05, 3.63) is 85.5 Å². The first kappa shape index (κ1) is 16.1. The van der Waals surface area contributed by atoms with Crippen molar-refractivity contribution in [3.8, 4) is 0 Å². The molecule has 1 aliphatic heterocycles. The predicted molar refractivity (Wildman–Crippen MR) is 103 cm³/mol. The minimum absolute atomic E-state index is 0.293. The van der Waals surface area contributed by atoms with Gasteiger partial charge in [-0.15, -0.1) is 0 Å². The Labute approximate surface area is 156 Å². The third kappa shape index (κ3) is 3.97. The maximum atomic E-state index is 11.9. The fraction of sp³-hybridized carbons (Fsp3) is 0. The van der Waals surface area contributed by atoms with Gasteiger partial charge in [0.2, 0.25) is 5.90 Å². The van der Waals surface area contributed by atoms with Gasteiger partial charge in [0.15, 0.2) is 5.70 Å². The molecule has 114 valence electrons. The summed E-state index contributed by atoms with van der Waals surface area (Å²) in [5, 5.41) is 0. The molecule has 3 rings (SSSR count). The Bertz CT molecular complexity index is 841. The summed E-state index contributed by atoms with van der Waals surface area (Å²) in [6.45, 7) is 0. The Morgan fingerprint density at radius 1 is 1.13 bits per heavy atom. The third-order valence-electron chi connectivity index (χ3n) is 3.13. The average molecular weight is 480 g/mol. The molecule has 0 bridgehead atoms. The van der Waals surface area contributed by atoms with Gasteiger partial charge in [-0.3, -0.25) is 0 Å². The van der Waals surface area contributed by atoms with Crippen molar-refractivity contribution in [1.29, 1.82) is 0 Å². The summed E-state index contributed by atoms with van der Waals surface area (Å²) in [7, 11) is 0.